The van der Waals surface area contributed by atoms with Gasteiger partial charge in [0, 0.05) is 24.0 Å². The number of esters is 1. The highest BCUT2D eigenvalue weighted by Gasteiger charge is 2.31. The predicted octanol–water partition coefficient (Wildman–Crippen LogP) is 2.67. The average molecular weight is 344 g/mol. The smallest absolute Gasteiger partial charge is 0.340 e. The third-order valence-electron chi connectivity index (χ3n) is 3.41. The number of halogens is 2. The number of carbonyl (C=O) groups excluding carboxylic acids is 2. The molecule has 4 nitrogen and oxygen atoms in total. The fraction of sp³-hybridized carbons (Fsp3) is 0.429. The Bertz CT molecular complexity index is 562. The van der Waals surface area contributed by atoms with Crippen LogP contribution in [0.3, 0.4) is 0 Å². The Balaban J connectivity index is 2.42. The van der Waals surface area contributed by atoms with Gasteiger partial charge in [0.15, 0.2) is 0 Å². The van der Waals surface area contributed by atoms with E-state index in [1.807, 2.05) is 0 Å². The molecule has 1 heterocycles. The number of anilines is 1. The highest BCUT2D eigenvalue weighted by molar-refractivity contribution is 9.09. The molecule has 1 aliphatic heterocycles. The first-order valence-corrected chi connectivity index (χ1v) is 7.34. The molecule has 0 spiro atoms. The van der Waals surface area contributed by atoms with Crippen LogP contribution in [0.15, 0.2) is 12.1 Å². The molecule has 2 rings (SSSR count). The summed E-state index contributed by atoms with van der Waals surface area (Å²) in [6, 6.07) is 2.65. The number of aryl methyl sites for hydroxylation is 1. The molecule has 0 N–H and O–H groups in total. The molecule has 1 aromatic carbocycles. The molecule has 1 saturated heterocycles. The zero-order valence-electron chi connectivity index (χ0n) is 11.3. The number of rotatable bonds is 3. The molecule has 1 fully saturated rings. The van der Waals surface area contributed by atoms with E-state index in [9.17, 15) is 14.0 Å². The van der Waals surface area contributed by atoms with Crippen molar-refractivity contribution in [1.29, 1.82) is 0 Å². The lowest BCUT2D eigenvalue weighted by molar-refractivity contribution is -0.117. The molecule has 1 aliphatic rings. The van der Waals surface area contributed by atoms with Crippen LogP contribution in [0.25, 0.3) is 0 Å². The predicted molar refractivity (Wildman–Crippen MR) is 76.7 cm³/mol. The minimum absolute atomic E-state index is 0.0139. The van der Waals surface area contributed by atoms with Crippen molar-refractivity contribution >= 4 is 33.5 Å². The molecule has 0 saturated carbocycles. The lowest BCUT2D eigenvalue weighted by Crippen LogP contribution is -2.26. The SMILES string of the molecule is COC(=O)c1cc(N2CC(CBr)CC2=O)c(C)cc1F. The van der Waals surface area contributed by atoms with Crippen LogP contribution in [-0.2, 0) is 9.53 Å². The van der Waals surface area contributed by atoms with Gasteiger partial charge in [0.25, 0.3) is 0 Å². The second-order valence-electron chi connectivity index (χ2n) is 4.84. The molecular formula is C14H15BrFNO3. The number of ether oxygens (including phenoxy) is 1. The van der Waals surface area contributed by atoms with Crippen LogP contribution in [0.5, 0.6) is 0 Å². The summed E-state index contributed by atoms with van der Waals surface area (Å²) < 4.78 is 18.3. The van der Waals surface area contributed by atoms with E-state index in [4.69, 9.17) is 0 Å². The lowest BCUT2D eigenvalue weighted by atomic mass is 10.1. The summed E-state index contributed by atoms with van der Waals surface area (Å²) in [5, 5.41) is 0.735. The summed E-state index contributed by atoms with van der Waals surface area (Å²) in [7, 11) is 1.20. The third-order valence-corrected chi connectivity index (χ3v) is 4.32. The van der Waals surface area contributed by atoms with Gasteiger partial charge >= 0.3 is 5.97 Å². The quantitative estimate of drug-likeness (QED) is 0.626. The van der Waals surface area contributed by atoms with Gasteiger partial charge in [-0.05, 0) is 30.5 Å². The number of carbonyl (C=O) groups is 2. The minimum Gasteiger partial charge on any atom is -0.465 e. The van der Waals surface area contributed by atoms with E-state index in [0.717, 1.165) is 5.33 Å². The van der Waals surface area contributed by atoms with Crippen LogP contribution in [0.4, 0.5) is 10.1 Å². The van der Waals surface area contributed by atoms with Crippen molar-refractivity contribution in [2.75, 3.05) is 23.9 Å². The second-order valence-corrected chi connectivity index (χ2v) is 5.49. The summed E-state index contributed by atoms with van der Waals surface area (Å²) in [5.41, 5.74) is 1.04. The first kappa shape index (κ1) is 15.0. The van der Waals surface area contributed by atoms with Crippen LogP contribution in [-0.4, -0.2) is 30.9 Å². The van der Waals surface area contributed by atoms with E-state index >= 15 is 0 Å². The zero-order chi connectivity index (χ0) is 14.9. The van der Waals surface area contributed by atoms with Gasteiger partial charge in [-0.2, -0.15) is 0 Å². The number of methoxy groups -OCH3 is 1. The highest BCUT2D eigenvalue weighted by atomic mass is 79.9. The van der Waals surface area contributed by atoms with Gasteiger partial charge in [-0.25, -0.2) is 9.18 Å². The van der Waals surface area contributed by atoms with Crippen molar-refractivity contribution < 1.29 is 18.7 Å². The van der Waals surface area contributed by atoms with Crippen LogP contribution >= 0.6 is 15.9 Å². The summed E-state index contributed by atoms with van der Waals surface area (Å²) in [4.78, 5) is 25.2. The summed E-state index contributed by atoms with van der Waals surface area (Å²) in [5.74, 6) is -1.16. The number of hydrogen-bond acceptors (Lipinski definition) is 3. The molecule has 1 unspecified atom stereocenters. The average Bonchev–Trinajstić information content (AvgIpc) is 2.79. The largest absolute Gasteiger partial charge is 0.465 e. The highest BCUT2D eigenvalue weighted by Crippen LogP contribution is 2.30. The molecule has 108 valence electrons. The molecule has 1 aromatic rings. The van der Waals surface area contributed by atoms with Crippen LogP contribution in [0.1, 0.15) is 22.3 Å². The van der Waals surface area contributed by atoms with E-state index in [1.165, 1.54) is 19.2 Å². The molecule has 1 amide bonds. The normalized spacial score (nSPS) is 18.5. The van der Waals surface area contributed by atoms with Gasteiger partial charge in [-0.3, -0.25) is 4.79 Å². The van der Waals surface area contributed by atoms with Crippen molar-refractivity contribution in [3.8, 4) is 0 Å². The summed E-state index contributed by atoms with van der Waals surface area (Å²) in [6.45, 7) is 2.28. The van der Waals surface area contributed by atoms with E-state index in [1.54, 1.807) is 11.8 Å². The zero-order valence-corrected chi connectivity index (χ0v) is 12.9. The van der Waals surface area contributed by atoms with Crippen molar-refractivity contribution in [1.82, 2.24) is 0 Å². The Morgan fingerprint density at radius 1 is 1.55 bits per heavy atom. The molecule has 6 heteroatoms. The van der Waals surface area contributed by atoms with Gasteiger partial charge in [-0.15, -0.1) is 0 Å². The standard InChI is InChI=1S/C14H15BrFNO3/c1-8-3-11(16)10(14(19)20-2)5-12(8)17-7-9(6-15)4-13(17)18/h3,5,9H,4,6-7H2,1-2H3. The van der Waals surface area contributed by atoms with E-state index in [2.05, 4.69) is 20.7 Å². The van der Waals surface area contributed by atoms with Crippen molar-refractivity contribution in [2.24, 2.45) is 5.92 Å². The molecule has 0 bridgehead atoms. The maximum absolute atomic E-state index is 13.8. The Morgan fingerprint density at radius 3 is 2.80 bits per heavy atom. The first-order chi connectivity index (χ1) is 9.47. The maximum Gasteiger partial charge on any atom is 0.340 e. The Hall–Kier alpha value is -1.43. The van der Waals surface area contributed by atoms with Crippen LogP contribution < -0.4 is 4.90 Å². The lowest BCUT2D eigenvalue weighted by Gasteiger charge is -2.20. The van der Waals surface area contributed by atoms with Crippen molar-refractivity contribution in [3.63, 3.8) is 0 Å². The van der Waals surface area contributed by atoms with Crippen LogP contribution in [0, 0.1) is 18.7 Å². The van der Waals surface area contributed by atoms with Gasteiger partial charge in [0.2, 0.25) is 5.91 Å². The minimum atomic E-state index is -0.743. The van der Waals surface area contributed by atoms with Crippen molar-refractivity contribution in [3.05, 3.63) is 29.1 Å². The van der Waals surface area contributed by atoms with Gasteiger partial charge in [-0.1, -0.05) is 15.9 Å². The fourth-order valence-corrected chi connectivity index (χ4v) is 2.77. The second kappa shape index (κ2) is 5.91. The number of nitrogens with zero attached hydrogens (tertiary/aromatic N) is 1. The van der Waals surface area contributed by atoms with Gasteiger partial charge in [0.05, 0.1) is 12.7 Å². The van der Waals surface area contributed by atoms with Gasteiger partial charge < -0.3 is 9.64 Å². The monoisotopic (exact) mass is 343 g/mol. The number of benzene rings is 1. The van der Waals surface area contributed by atoms with E-state index in [0.29, 0.717) is 24.2 Å². The Labute approximate surface area is 125 Å². The third kappa shape index (κ3) is 2.70. The number of alkyl halides is 1. The maximum atomic E-state index is 13.8. The molecule has 0 aliphatic carbocycles. The molecule has 20 heavy (non-hydrogen) atoms. The fourth-order valence-electron chi connectivity index (χ4n) is 2.34. The number of amides is 1. The summed E-state index contributed by atoms with van der Waals surface area (Å²) >= 11 is 3.37. The Morgan fingerprint density at radius 2 is 2.25 bits per heavy atom. The Kier molecular flexibility index (Phi) is 4.42. The first-order valence-electron chi connectivity index (χ1n) is 6.22. The molecule has 0 radical (unpaired) electrons. The molecule has 0 aromatic heterocycles. The topological polar surface area (TPSA) is 46.6 Å². The molecular weight excluding hydrogens is 329 g/mol. The van der Waals surface area contributed by atoms with E-state index < -0.39 is 11.8 Å². The molecule has 1 atom stereocenters. The van der Waals surface area contributed by atoms with Crippen molar-refractivity contribution in [2.45, 2.75) is 13.3 Å². The van der Waals surface area contributed by atoms with E-state index in [-0.39, 0.29) is 17.4 Å². The number of hydrogen-bond donors (Lipinski definition) is 0. The summed E-state index contributed by atoms with van der Waals surface area (Å²) in [6.07, 6.45) is 0.454. The van der Waals surface area contributed by atoms with Gasteiger partial charge in [0.1, 0.15) is 5.82 Å². The van der Waals surface area contributed by atoms with Crippen LogP contribution in [0.2, 0.25) is 0 Å².